The van der Waals surface area contributed by atoms with E-state index in [1.54, 1.807) is 40.1 Å². The van der Waals surface area contributed by atoms with Crippen LogP contribution in [0.3, 0.4) is 0 Å². The molecule has 6 nitrogen and oxygen atoms in total. The Hall–Kier alpha value is -1.58. The number of hydrogen-bond donors (Lipinski definition) is 0. The summed E-state index contributed by atoms with van der Waals surface area (Å²) in [5, 5.41) is 3.22. The lowest BCUT2D eigenvalue weighted by Crippen LogP contribution is -2.41. The van der Waals surface area contributed by atoms with Crippen molar-refractivity contribution in [2.45, 2.75) is 60.7 Å². The number of amides is 1. The Balaban J connectivity index is 1.50. The second-order valence-electron chi connectivity index (χ2n) is 8.45. The normalized spacial score (nSPS) is 15.9. The minimum atomic E-state index is -3.17. The van der Waals surface area contributed by atoms with E-state index in [-0.39, 0.29) is 6.09 Å². The monoisotopic (exact) mass is 468 g/mol. The number of thioether (sulfide) groups is 1. The molecule has 1 aliphatic heterocycles. The second kappa shape index (κ2) is 9.28. The third-order valence-electron chi connectivity index (χ3n) is 4.70. The maximum atomic E-state index is 12.2. The molecule has 1 aromatic heterocycles. The van der Waals surface area contributed by atoms with Crippen molar-refractivity contribution in [3.05, 3.63) is 40.3 Å². The van der Waals surface area contributed by atoms with Crippen molar-refractivity contribution in [2.24, 2.45) is 0 Å². The molecule has 9 heteroatoms. The number of carbonyl (C=O) groups is 1. The van der Waals surface area contributed by atoms with E-state index in [0.29, 0.717) is 23.9 Å². The Morgan fingerprint density at radius 1 is 1.23 bits per heavy atom. The zero-order valence-electron chi connectivity index (χ0n) is 17.8. The van der Waals surface area contributed by atoms with Gasteiger partial charge in [-0.3, -0.25) is 0 Å². The van der Waals surface area contributed by atoms with Crippen LogP contribution in [0.5, 0.6) is 0 Å². The molecule has 0 N–H and O–H groups in total. The number of rotatable bonds is 5. The molecule has 2 heterocycles. The first kappa shape index (κ1) is 23.1. The highest BCUT2D eigenvalue weighted by Gasteiger charge is 2.28. The first-order valence-electron chi connectivity index (χ1n) is 9.86. The van der Waals surface area contributed by atoms with Gasteiger partial charge in [-0.2, -0.15) is 0 Å². The van der Waals surface area contributed by atoms with E-state index >= 15 is 0 Å². The van der Waals surface area contributed by atoms with Crippen molar-refractivity contribution in [3.8, 4) is 0 Å². The highest BCUT2D eigenvalue weighted by Crippen LogP contribution is 2.32. The molecule has 1 aromatic carbocycles. The summed E-state index contributed by atoms with van der Waals surface area (Å²) < 4.78 is 28.6. The fourth-order valence-electron chi connectivity index (χ4n) is 3.15. The molecule has 164 valence electrons. The van der Waals surface area contributed by atoms with Crippen LogP contribution in [0.1, 0.15) is 50.2 Å². The molecule has 0 saturated carbocycles. The molecule has 0 aliphatic carbocycles. The van der Waals surface area contributed by atoms with Gasteiger partial charge in [0.15, 0.2) is 9.84 Å². The Morgan fingerprint density at radius 2 is 1.87 bits per heavy atom. The van der Waals surface area contributed by atoms with Crippen molar-refractivity contribution < 1.29 is 17.9 Å². The fraction of sp³-hybridized carbons (Fsp3) is 0.524. The fourth-order valence-corrected chi connectivity index (χ4v) is 5.67. The topological polar surface area (TPSA) is 76.6 Å². The van der Waals surface area contributed by atoms with Crippen LogP contribution in [-0.4, -0.2) is 49.3 Å². The number of aromatic nitrogens is 1. The molecule has 1 fully saturated rings. The molecule has 2 aromatic rings. The number of piperidine rings is 1. The van der Waals surface area contributed by atoms with Gasteiger partial charge in [-0.15, -0.1) is 23.1 Å². The van der Waals surface area contributed by atoms with Gasteiger partial charge in [0, 0.05) is 41.3 Å². The van der Waals surface area contributed by atoms with E-state index in [0.717, 1.165) is 34.2 Å². The van der Waals surface area contributed by atoms with Gasteiger partial charge in [0.2, 0.25) is 0 Å². The van der Waals surface area contributed by atoms with Crippen LogP contribution < -0.4 is 0 Å². The molecule has 0 bridgehead atoms. The highest BCUT2D eigenvalue weighted by molar-refractivity contribution is 7.98. The van der Waals surface area contributed by atoms with Crippen LogP contribution >= 0.6 is 23.1 Å². The van der Waals surface area contributed by atoms with Crippen LogP contribution in [0.4, 0.5) is 4.79 Å². The Labute approximate surface area is 187 Å². The quantitative estimate of drug-likeness (QED) is 0.578. The number of carbonyl (C=O) groups excluding carboxylic acids is 1. The van der Waals surface area contributed by atoms with Gasteiger partial charge in [-0.05, 0) is 57.9 Å². The zero-order valence-corrected chi connectivity index (χ0v) is 20.2. The largest absolute Gasteiger partial charge is 0.444 e. The van der Waals surface area contributed by atoms with Gasteiger partial charge in [0.1, 0.15) is 5.60 Å². The summed E-state index contributed by atoms with van der Waals surface area (Å²) in [6.07, 6.45) is 2.77. The second-order valence-corrected chi connectivity index (χ2v) is 12.4. The number of sulfone groups is 1. The summed E-state index contributed by atoms with van der Waals surface area (Å²) in [6, 6.07) is 6.95. The maximum absolute atomic E-state index is 12.2. The van der Waals surface area contributed by atoms with Crippen LogP contribution in [0, 0.1) is 0 Å². The van der Waals surface area contributed by atoms with E-state index < -0.39 is 15.4 Å². The number of hydrogen-bond acceptors (Lipinski definition) is 7. The van der Waals surface area contributed by atoms with E-state index in [9.17, 15) is 13.2 Å². The molecule has 0 spiro atoms. The van der Waals surface area contributed by atoms with E-state index in [1.165, 1.54) is 6.26 Å². The standard InChI is InChI=1S/C21H28N2O4S3/c1-21(2,3)27-20(24)23-11-9-15(10-12-23)19-22-16(14-29-19)13-28-17-5-7-18(8-6-17)30(4,25)26/h5-8,14-15H,9-13H2,1-4H3. The van der Waals surface area contributed by atoms with Crippen LogP contribution in [-0.2, 0) is 20.3 Å². The summed E-state index contributed by atoms with van der Waals surface area (Å²) in [5.74, 6) is 1.12. The van der Waals surface area contributed by atoms with Gasteiger partial charge in [-0.1, -0.05) is 0 Å². The predicted molar refractivity (Wildman–Crippen MR) is 121 cm³/mol. The number of ether oxygens (including phenoxy) is 1. The summed E-state index contributed by atoms with van der Waals surface area (Å²) in [6.45, 7) is 7.03. The SMILES string of the molecule is CC(C)(C)OC(=O)N1CCC(c2nc(CSc3ccc(S(C)(=O)=O)cc3)cs2)CC1. The Morgan fingerprint density at radius 3 is 2.43 bits per heavy atom. The number of benzene rings is 1. The highest BCUT2D eigenvalue weighted by atomic mass is 32.2. The van der Waals surface area contributed by atoms with Crippen molar-refractivity contribution in [2.75, 3.05) is 19.3 Å². The molecule has 30 heavy (non-hydrogen) atoms. The summed E-state index contributed by atoms with van der Waals surface area (Å²) >= 11 is 3.32. The van der Waals surface area contributed by atoms with E-state index in [2.05, 4.69) is 5.38 Å². The van der Waals surface area contributed by atoms with Crippen molar-refractivity contribution in [3.63, 3.8) is 0 Å². The number of thiazole rings is 1. The van der Waals surface area contributed by atoms with Crippen molar-refractivity contribution in [1.29, 1.82) is 0 Å². The third-order valence-corrected chi connectivity index (χ3v) is 7.93. The minimum Gasteiger partial charge on any atom is -0.444 e. The van der Waals surface area contributed by atoms with Gasteiger partial charge < -0.3 is 9.64 Å². The molecule has 3 rings (SSSR count). The summed E-state index contributed by atoms with van der Waals surface area (Å²) in [4.78, 5) is 20.1. The first-order valence-corrected chi connectivity index (χ1v) is 13.6. The Bertz CT molecular complexity index is 970. The molecular weight excluding hydrogens is 440 g/mol. The molecule has 1 saturated heterocycles. The van der Waals surface area contributed by atoms with E-state index in [4.69, 9.17) is 9.72 Å². The van der Waals surface area contributed by atoms with Crippen molar-refractivity contribution in [1.82, 2.24) is 9.88 Å². The van der Waals surface area contributed by atoms with E-state index in [1.807, 2.05) is 32.9 Å². The zero-order chi connectivity index (χ0) is 21.9. The average molecular weight is 469 g/mol. The molecule has 1 amide bonds. The Kier molecular flexibility index (Phi) is 7.14. The molecule has 0 unspecified atom stereocenters. The molecule has 0 radical (unpaired) electrons. The van der Waals surface area contributed by atoms with Gasteiger partial charge in [0.05, 0.1) is 15.6 Å². The maximum Gasteiger partial charge on any atom is 0.410 e. The molecule has 1 aliphatic rings. The number of nitrogens with zero attached hydrogens (tertiary/aromatic N) is 2. The lowest BCUT2D eigenvalue weighted by atomic mass is 9.98. The average Bonchev–Trinajstić information content (AvgIpc) is 3.14. The summed E-state index contributed by atoms with van der Waals surface area (Å²) in [5.41, 5.74) is 0.558. The van der Waals surface area contributed by atoms with Crippen LogP contribution in [0.2, 0.25) is 0 Å². The van der Waals surface area contributed by atoms with Gasteiger partial charge >= 0.3 is 6.09 Å². The lowest BCUT2D eigenvalue weighted by Gasteiger charge is -2.32. The molecule has 0 atom stereocenters. The lowest BCUT2D eigenvalue weighted by molar-refractivity contribution is 0.0204. The van der Waals surface area contributed by atoms with Gasteiger partial charge in [-0.25, -0.2) is 18.2 Å². The van der Waals surface area contributed by atoms with Crippen molar-refractivity contribution >= 4 is 39.0 Å². The summed E-state index contributed by atoms with van der Waals surface area (Å²) in [7, 11) is -3.17. The predicted octanol–water partition coefficient (Wildman–Crippen LogP) is 4.95. The minimum absolute atomic E-state index is 0.237. The van der Waals surface area contributed by atoms with Crippen LogP contribution in [0.25, 0.3) is 0 Å². The third kappa shape index (κ3) is 6.46. The first-order chi connectivity index (χ1) is 14.0. The number of likely N-dealkylation sites (tertiary alicyclic amines) is 1. The van der Waals surface area contributed by atoms with Gasteiger partial charge in [0.25, 0.3) is 0 Å². The molecular formula is C21H28N2O4S3. The van der Waals surface area contributed by atoms with Crippen LogP contribution in [0.15, 0.2) is 39.4 Å². The smallest absolute Gasteiger partial charge is 0.410 e.